The number of thiazole rings is 1. The Kier molecular flexibility index (Phi) is 5.98. The first-order valence-electron chi connectivity index (χ1n) is 9.57. The van der Waals surface area contributed by atoms with E-state index in [1.165, 1.54) is 21.5 Å². The number of methoxy groups -OCH3 is 1. The molecular formula is C20H23N5O3S. The molecule has 0 bridgehead atoms. The molecule has 152 valence electrons. The molecule has 4 rings (SSSR count). The fraction of sp³-hybridized carbons (Fsp3) is 0.400. The van der Waals surface area contributed by atoms with Crippen LogP contribution in [-0.2, 0) is 17.8 Å². The lowest BCUT2D eigenvalue weighted by Gasteiger charge is -2.34. The fourth-order valence-corrected chi connectivity index (χ4v) is 4.36. The molecule has 3 heterocycles. The minimum Gasteiger partial charge on any atom is -0.383 e. The van der Waals surface area contributed by atoms with Gasteiger partial charge in [0.15, 0.2) is 0 Å². The van der Waals surface area contributed by atoms with Crippen LogP contribution in [0.1, 0.15) is 15.5 Å². The van der Waals surface area contributed by atoms with Gasteiger partial charge in [-0.15, -0.1) is 11.3 Å². The van der Waals surface area contributed by atoms with Crippen LogP contribution in [0.3, 0.4) is 0 Å². The number of hydrogen-bond acceptors (Lipinski definition) is 7. The zero-order valence-electron chi connectivity index (χ0n) is 16.3. The number of nitrogens with zero attached hydrogens (tertiary/aromatic N) is 5. The molecule has 1 aliphatic rings. The molecular weight excluding hydrogens is 390 g/mol. The number of hydrogen-bond donors (Lipinski definition) is 0. The number of fused-ring (bicyclic) bond motifs is 1. The molecule has 0 saturated carbocycles. The van der Waals surface area contributed by atoms with Crippen molar-refractivity contribution in [2.24, 2.45) is 0 Å². The van der Waals surface area contributed by atoms with Gasteiger partial charge in [0.25, 0.3) is 11.5 Å². The van der Waals surface area contributed by atoms with Crippen molar-refractivity contribution in [3.63, 3.8) is 0 Å². The lowest BCUT2D eigenvalue weighted by molar-refractivity contribution is 0.0619. The number of piperazine rings is 1. The molecule has 0 atom stereocenters. The second-order valence-electron chi connectivity index (χ2n) is 6.92. The number of para-hydroxylation sites is 1. The Bertz CT molecular complexity index is 1020. The molecule has 0 radical (unpaired) electrons. The second kappa shape index (κ2) is 8.81. The zero-order chi connectivity index (χ0) is 20.2. The Hall–Kier alpha value is -2.62. The standard InChI is InChI=1S/C20H23N5O3S/c1-28-13-12-25-19(26)7-6-16(22-25)20(27)24-10-8-23(9-11-24)14-18-21-15-4-2-3-5-17(15)29-18/h2-7H,8-14H2,1H3. The average molecular weight is 414 g/mol. The number of carbonyl (C=O) groups is 1. The largest absolute Gasteiger partial charge is 0.383 e. The maximum Gasteiger partial charge on any atom is 0.274 e. The summed E-state index contributed by atoms with van der Waals surface area (Å²) in [6.07, 6.45) is 0. The summed E-state index contributed by atoms with van der Waals surface area (Å²) in [6, 6.07) is 11.0. The van der Waals surface area contributed by atoms with Crippen LogP contribution in [0.15, 0.2) is 41.2 Å². The molecule has 3 aromatic rings. The van der Waals surface area contributed by atoms with Gasteiger partial charge in [-0.1, -0.05) is 12.1 Å². The van der Waals surface area contributed by atoms with E-state index in [4.69, 9.17) is 9.72 Å². The molecule has 0 unspecified atom stereocenters. The summed E-state index contributed by atoms with van der Waals surface area (Å²) < 4.78 is 7.47. The van der Waals surface area contributed by atoms with Crippen LogP contribution in [0.4, 0.5) is 0 Å². The van der Waals surface area contributed by atoms with Crippen LogP contribution in [0.25, 0.3) is 10.2 Å². The Morgan fingerprint density at radius 1 is 1.14 bits per heavy atom. The molecule has 9 heteroatoms. The molecule has 8 nitrogen and oxygen atoms in total. The van der Waals surface area contributed by atoms with E-state index in [2.05, 4.69) is 16.1 Å². The summed E-state index contributed by atoms with van der Waals surface area (Å²) in [5.74, 6) is -0.143. The zero-order valence-corrected chi connectivity index (χ0v) is 17.1. The van der Waals surface area contributed by atoms with E-state index in [1.807, 2.05) is 18.2 Å². The molecule has 2 aromatic heterocycles. The lowest BCUT2D eigenvalue weighted by Crippen LogP contribution is -2.48. The van der Waals surface area contributed by atoms with Crippen LogP contribution in [-0.4, -0.2) is 70.4 Å². The highest BCUT2D eigenvalue weighted by Crippen LogP contribution is 2.23. The van der Waals surface area contributed by atoms with E-state index in [-0.39, 0.29) is 11.5 Å². The summed E-state index contributed by atoms with van der Waals surface area (Å²) in [6.45, 7) is 4.31. The Morgan fingerprint density at radius 3 is 2.69 bits per heavy atom. The predicted molar refractivity (Wildman–Crippen MR) is 111 cm³/mol. The van der Waals surface area contributed by atoms with Crippen molar-refractivity contribution in [1.29, 1.82) is 0 Å². The first kappa shape index (κ1) is 19.7. The van der Waals surface area contributed by atoms with Crippen LogP contribution in [0.2, 0.25) is 0 Å². The molecule has 0 aliphatic carbocycles. The SMILES string of the molecule is COCCn1nc(C(=O)N2CCN(Cc3nc4ccccc4s3)CC2)ccc1=O. The summed E-state index contributed by atoms with van der Waals surface area (Å²) in [5, 5.41) is 5.30. The third-order valence-electron chi connectivity index (χ3n) is 4.95. The number of amides is 1. The first-order chi connectivity index (χ1) is 14.1. The number of carbonyl (C=O) groups excluding carboxylic acids is 1. The average Bonchev–Trinajstić information content (AvgIpc) is 3.15. The van der Waals surface area contributed by atoms with Gasteiger partial charge in [0.2, 0.25) is 0 Å². The molecule has 1 aromatic carbocycles. The molecule has 29 heavy (non-hydrogen) atoms. The van der Waals surface area contributed by atoms with Crippen molar-refractivity contribution in [2.75, 3.05) is 39.9 Å². The van der Waals surface area contributed by atoms with Gasteiger partial charge in [0, 0.05) is 39.4 Å². The summed E-state index contributed by atoms with van der Waals surface area (Å²) in [7, 11) is 1.56. The van der Waals surface area contributed by atoms with E-state index < -0.39 is 0 Å². The van der Waals surface area contributed by atoms with Gasteiger partial charge in [-0.2, -0.15) is 5.10 Å². The van der Waals surface area contributed by atoms with Crippen LogP contribution in [0.5, 0.6) is 0 Å². The highest BCUT2D eigenvalue weighted by atomic mass is 32.1. The molecule has 0 spiro atoms. The van der Waals surface area contributed by atoms with Gasteiger partial charge in [-0.3, -0.25) is 14.5 Å². The summed E-state index contributed by atoms with van der Waals surface area (Å²) >= 11 is 1.72. The quantitative estimate of drug-likeness (QED) is 0.609. The minimum absolute atomic E-state index is 0.143. The van der Waals surface area contributed by atoms with Gasteiger partial charge in [0.05, 0.1) is 29.9 Å². The minimum atomic E-state index is -0.237. The van der Waals surface area contributed by atoms with Crippen molar-refractivity contribution in [3.05, 3.63) is 57.5 Å². The Morgan fingerprint density at radius 2 is 1.93 bits per heavy atom. The van der Waals surface area contributed by atoms with E-state index in [9.17, 15) is 9.59 Å². The number of rotatable bonds is 6. The topological polar surface area (TPSA) is 80.6 Å². The van der Waals surface area contributed by atoms with Crippen molar-refractivity contribution < 1.29 is 9.53 Å². The summed E-state index contributed by atoms with van der Waals surface area (Å²) in [5.41, 5.74) is 1.09. The third kappa shape index (κ3) is 4.52. The molecule has 0 N–H and O–H groups in total. The Balaban J connectivity index is 1.36. The number of aromatic nitrogens is 3. The molecule has 1 aliphatic heterocycles. The maximum atomic E-state index is 12.8. The second-order valence-corrected chi connectivity index (χ2v) is 8.03. The lowest BCUT2D eigenvalue weighted by atomic mass is 10.2. The Labute approximate surface area is 172 Å². The van der Waals surface area contributed by atoms with E-state index in [0.717, 1.165) is 30.2 Å². The predicted octanol–water partition coefficient (Wildman–Crippen LogP) is 1.46. The van der Waals surface area contributed by atoms with E-state index >= 15 is 0 Å². The van der Waals surface area contributed by atoms with Gasteiger partial charge in [-0.05, 0) is 18.2 Å². The molecule has 1 saturated heterocycles. The van der Waals surface area contributed by atoms with Gasteiger partial charge in [-0.25, -0.2) is 9.67 Å². The van der Waals surface area contributed by atoms with Crippen LogP contribution < -0.4 is 5.56 Å². The van der Waals surface area contributed by atoms with E-state index in [0.29, 0.717) is 31.9 Å². The third-order valence-corrected chi connectivity index (χ3v) is 5.97. The smallest absolute Gasteiger partial charge is 0.274 e. The van der Waals surface area contributed by atoms with Gasteiger partial charge < -0.3 is 9.64 Å². The van der Waals surface area contributed by atoms with Crippen LogP contribution >= 0.6 is 11.3 Å². The number of benzene rings is 1. The monoisotopic (exact) mass is 413 g/mol. The van der Waals surface area contributed by atoms with Gasteiger partial charge in [0.1, 0.15) is 10.7 Å². The summed E-state index contributed by atoms with van der Waals surface area (Å²) in [4.78, 5) is 33.5. The van der Waals surface area contributed by atoms with Crippen molar-refractivity contribution in [1.82, 2.24) is 24.6 Å². The molecule has 1 fully saturated rings. The van der Waals surface area contributed by atoms with Crippen molar-refractivity contribution in [2.45, 2.75) is 13.1 Å². The maximum absolute atomic E-state index is 12.8. The highest BCUT2D eigenvalue weighted by molar-refractivity contribution is 7.18. The van der Waals surface area contributed by atoms with Crippen molar-refractivity contribution in [3.8, 4) is 0 Å². The van der Waals surface area contributed by atoms with Crippen molar-refractivity contribution >= 4 is 27.5 Å². The normalized spacial score (nSPS) is 15.1. The highest BCUT2D eigenvalue weighted by Gasteiger charge is 2.24. The van der Waals surface area contributed by atoms with Crippen LogP contribution in [0, 0.1) is 0 Å². The molecule has 1 amide bonds. The fourth-order valence-electron chi connectivity index (χ4n) is 3.35. The van der Waals surface area contributed by atoms with Gasteiger partial charge >= 0.3 is 0 Å². The number of ether oxygens (including phenoxy) is 1. The first-order valence-corrected chi connectivity index (χ1v) is 10.4. The van der Waals surface area contributed by atoms with E-state index in [1.54, 1.807) is 23.3 Å².